The van der Waals surface area contributed by atoms with Crippen LogP contribution in [0.15, 0.2) is 164 Å². The molecule has 0 saturated carbocycles. The first kappa shape index (κ1) is 26.6. The molecule has 0 fully saturated rings. The Morgan fingerprint density at radius 3 is 1.79 bits per heavy atom. The van der Waals surface area contributed by atoms with Crippen molar-refractivity contribution in [3.8, 4) is 34.0 Å². The molecule has 4 aromatic heterocycles. The van der Waals surface area contributed by atoms with Crippen molar-refractivity contribution >= 4 is 54.6 Å². The third-order valence-corrected chi connectivity index (χ3v) is 9.39. The van der Waals surface area contributed by atoms with Crippen molar-refractivity contribution in [1.29, 1.82) is 0 Å². The highest BCUT2D eigenvalue weighted by molar-refractivity contribution is 6.11. The quantitative estimate of drug-likeness (QED) is 0.198. The van der Waals surface area contributed by atoms with Crippen LogP contribution in [0.25, 0.3) is 88.7 Å². The Balaban J connectivity index is 1.23. The van der Waals surface area contributed by atoms with Gasteiger partial charge in [0.15, 0.2) is 0 Å². The van der Waals surface area contributed by atoms with Gasteiger partial charge in [-0.1, -0.05) is 109 Å². The van der Waals surface area contributed by atoms with Crippen LogP contribution in [0.3, 0.4) is 0 Å². The Labute approximate surface area is 276 Å². The van der Waals surface area contributed by atoms with Crippen molar-refractivity contribution in [3.63, 3.8) is 0 Å². The van der Waals surface area contributed by atoms with Crippen molar-refractivity contribution < 1.29 is 0 Å². The van der Waals surface area contributed by atoms with Crippen LogP contribution < -0.4 is 0 Å². The molecule has 0 aliphatic carbocycles. The van der Waals surface area contributed by atoms with E-state index in [0.717, 1.165) is 71.9 Å². The van der Waals surface area contributed by atoms with E-state index in [9.17, 15) is 0 Å². The summed E-state index contributed by atoms with van der Waals surface area (Å²) in [5.74, 6) is 0.654. The summed E-state index contributed by atoms with van der Waals surface area (Å²) >= 11 is 0. The van der Waals surface area contributed by atoms with Crippen molar-refractivity contribution in [2.45, 2.75) is 0 Å². The van der Waals surface area contributed by atoms with Gasteiger partial charge in [0.25, 0.3) is 0 Å². The predicted molar refractivity (Wildman–Crippen MR) is 197 cm³/mol. The molecule has 5 heteroatoms. The first-order chi connectivity index (χ1) is 23.8. The van der Waals surface area contributed by atoms with Gasteiger partial charge in [-0.05, 0) is 59.7 Å². The van der Waals surface area contributed by atoms with Crippen LogP contribution in [0, 0.1) is 0 Å². The monoisotopic (exact) mass is 613 g/mol. The number of para-hydroxylation sites is 3. The molecule has 0 saturated heterocycles. The highest BCUT2D eigenvalue weighted by atomic mass is 15.2. The van der Waals surface area contributed by atoms with E-state index >= 15 is 0 Å². The number of fused-ring (bicyclic) bond motifs is 7. The lowest BCUT2D eigenvalue weighted by Gasteiger charge is -2.12. The van der Waals surface area contributed by atoms with Crippen molar-refractivity contribution in [3.05, 3.63) is 164 Å². The molecule has 6 aromatic carbocycles. The Bertz CT molecular complexity index is 2830. The van der Waals surface area contributed by atoms with Crippen molar-refractivity contribution in [1.82, 2.24) is 24.1 Å². The van der Waals surface area contributed by atoms with Gasteiger partial charge in [-0.25, -0.2) is 15.0 Å². The van der Waals surface area contributed by atoms with Crippen molar-refractivity contribution in [2.24, 2.45) is 0 Å². The van der Waals surface area contributed by atoms with E-state index in [4.69, 9.17) is 15.0 Å². The van der Waals surface area contributed by atoms with Gasteiger partial charge in [-0.2, -0.15) is 0 Å². The zero-order chi connectivity index (χ0) is 31.6. The van der Waals surface area contributed by atoms with Crippen LogP contribution in [-0.2, 0) is 0 Å². The Hall–Kier alpha value is -6.59. The van der Waals surface area contributed by atoms with Gasteiger partial charge >= 0.3 is 0 Å². The summed E-state index contributed by atoms with van der Waals surface area (Å²) in [6.45, 7) is 0. The van der Waals surface area contributed by atoms with Gasteiger partial charge in [0.05, 0.1) is 27.8 Å². The van der Waals surface area contributed by atoms with Gasteiger partial charge in [-0.15, -0.1) is 0 Å². The Morgan fingerprint density at radius 1 is 0.396 bits per heavy atom. The van der Waals surface area contributed by atoms with E-state index in [1.807, 2.05) is 30.5 Å². The van der Waals surface area contributed by atoms with E-state index in [2.05, 4.69) is 143 Å². The third-order valence-electron chi connectivity index (χ3n) is 9.39. The summed E-state index contributed by atoms with van der Waals surface area (Å²) < 4.78 is 4.48. The molecule has 0 bridgehead atoms. The van der Waals surface area contributed by atoms with Gasteiger partial charge in [0.1, 0.15) is 5.65 Å². The molecular formula is C43H27N5. The normalized spacial score (nSPS) is 11.8. The van der Waals surface area contributed by atoms with Crippen LogP contribution in [-0.4, -0.2) is 24.1 Å². The number of pyridine rings is 1. The van der Waals surface area contributed by atoms with Crippen LogP contribution in [0.4, 0.5) is 0 Å². The summed E-state index contributed by atoms with van der Waals surface area (Å²) in [5, 5.41) is 5.68. The summed E-state index contributed by atoms with van der Waals surface area (Å²) in [4.78, 5) is 15.2. The van der Waals surface area contributed by atoms with E-state index in [1.54, 1.807) is 0 Å². The number of hydrogen-bond acceptors (Lipinski definition) is 3. The molecule has 0 spiro atoms. The highest BCUT2D eigenvalue weighted by Gasteiger charge is 2.19. The Kier molecular flexibility index (Phi) is 5.81. The maximum atomic E-state index is 5.27. The minimum Gasteiger partial charge on any atom is -0.294 e. The van der Waals surface area contributed by atoms with E-state index < -0.39 is 0 Å². The van der Waals surface area contributed by atoms with Crippen LogP contribution in [0.1, 0.15) is 0 Å². The molecule has 0 aliphatic heterocycles. The smallest absolute Gasteiger partial charge is 0.235 e. The molecule has 224 valence electrons. The minimum atomic E-state index is 0.654. The number of nitrogens with zero attached hydrogens (tertiary/aromatic N) is 5. The molecular weight excluding hydrogens is 587 g/mol. The second kappa shape index (κ2) is 10.5. The lowest BCUT2D eigenvalue weighted by atomic mass is 10.0. The highest BCUT2D eigenvalue weighted by Crippen LogP contribution is 2.38. The minimum absolute atomic E-state index is 0.654. The zero-order valence-electron chi connectivity index (χ0n) is 25.8. The molecule has 0 amide bonds. The van der Waals surface area contributed by atoms with Crippen molar-refractivity contribution in [2.75, 3.05) is 0 Å². The second-order valence-electron chi connectivity index (χ2n) is 12.1. The molecule has 0 N–H and O–H groups in total. The SMILES string of the molecule is c1ccc(-c2nc(-n3c4ccccc4c4ccc(-c5ccc6c7cccnc7n(-c7ccccc7)c6c5)cc43)nc3ccccc23)cc1. The fourth-order valence-corrected chi connectivity index (χ4v) is 7.21. The largest absolute Gasteiger partial charge is 0.294 e. The number of rotatable bonds is 4. The van der Waals surface area contributed by atoms with Crippen LogP contribution >= 0.6 is 0 Å². The van der Waals surface area contributed by atoms with E-state index in [1.165, 1.54) is 10.8 Å². The third kappa shape index (κ3) is 4.01. The first-order valence-electron chi connectivity index (χ1n) is 16.1. The molecule has 48 heavy (non-hydrogen) atoms. The molecule has 0 atom stereocenters. The maximum Gasteiger partial charge on any atom is 0.235 e. The van der Waals surface area contributed by atoms with Crippen LogP contribution in [0.5, 0.6) is 0 Å². The molecule has 10 rings (SSSR count). The molecule has 0 radical (unpaired) electrons. The van der Waals surface area contributed by atoms with Gasteiger partial charge in [-0.3, -0.25) is 9.13 Å². The molecule has 0 aliphatic rings. The fourth-order valence-electron chi connectivity index (χ4n) is 7.21. The summed E-state index contributed by atoms with van der Waals surface area (Å²) in [5.41, 5.74) is 10.5. The Morgan fingerprint density at radius 2 is 1.00 bits per heavy atom. The standard InChI is InChI=1S/C43H27N5/c1-3-12-28(13-4-1)41-36-17-7-9-19-37(36)45-43(46-41)48-38-20-10-8-16-32(38)33-23-21-30(27-40(33)48)29-22-24-34-35-18-11-25-44-42(35)47(39(34)26-29)31-14-5-2-6-15-31/h1-27H. The number of hydrogen-bond donors (Lipinski definition) is 0. The zero-order valence-corrected chi connectivity index (χ0v) is 25.8. The van der Waals surface area contributed by atoms with Crippen LogP contribution in [0.2, 0.25) is 0 Å². The molecule has 10 aromatic rings. The topological polar surface area (TPSA) is 48.5 Å². The summed E-state index contributed by atoms with van der Waals surface area (Å²) in [7, 11) is 0. The van der Waals surface area contributed by atoms with Gasteiger partial charge < -0.3 is 0 Å². The average Bonchev–Trinajstić information content (AvgIpc) is 3.67. The van der Waals surface area contributed by atoms with Gasteiger partial charge in [0.2, 0.25) is 5.95 Å². The summed E-state index contributed by atoms with van der Waals surface area (Å²) in [6.07, 6.45) is 1.87. The lowest BCUT2D eigenvalue weighted by molar-refractivity contribution is 1.01. The molecule has 5 nitrogen and oxygen atoms in total. The molecule has 0 unspecified atom stereocenters. The fraction of sp³-hybridized carbons (Fsp3) is 0. The maximum absolute atomic E-state index is 5.27. The number of aromatic nitrogens is 5. The van der Waals surface area contributed by atoms with E-state index in [-0.39, 0.29) is 0 Å². The average molecular weight is 614 g/mol. The number of benzene rings is 6. The predicted octanol–water partition coefficient (Wildman–Crippen LogP) is 10.6. The second-order valence-corrected chi connectivity index (χ2v) is 12.1. The summed E-state index contributed by atoms with van der Waals surface area (Å²) in [6, 6.07) is 55.3. The van der Waals surface area contributed by atoms with Gasteiger partial charge in [0, 0.05) is 44.4 Å². The molecule has 4 heterocycles. The lowest BCUT2D eigenvalue weighted by Crippen LogP contribution is -2.03. The van der Waals surface area contributed by atoms with E-state index in [0.29, 0.717) is 5.95 Å². The first-order valence-corrected chi connectivity index (χ1v) is 16.1.